The Kier molecular flexibility index (Phi) is 5.95. The van der Waals surface area contributed by atoms with Crippen LogP contribution in [0.1, 0.15) is 41.4 Å². The molecule has 0 unspecified atom stereocenters. The van der Waals surface area contributed by atoms with Crippen LogP contribution in [-0.4, -0.2) is 9.55 Å². The molecule has 0 atom stereocenters. The maximum absolute atomic E-state index is 5.02. The third-order valence-corrected chi connectivity index (χ3v) is 11.5. The van der Waals surface area contributed by atoms with E-state index < -0.39 is 5.41 Å². The van der Waals surface area contributed by atoms with Crippen molar-refractivity contribution >= 4 is 32.6 Å². The lowest BCUT2D eigenvalue weighted by atomic mass is 9.68. The number of rotatable bonds is 4. The van der Waals surface area contributed by atoms with Gasteiger partial charge in [-0.1, -0.05) is 140 Å². The highest BCUT2D eigenvalue weighted by Crippen LogP contribution is 2.65. The van der Waals surface area contributed by atoms with Crippen molar-refractivity contribution in [1.29, 1.82) is 0 Å². The van der Waals surface area contributed by atoms with Gasteiger partial charge in [-0.15, -0.1) is 0 Å². The van der Waals surface area contributed by atoms with Crippen LogP contribution in [0.2, 0.25) is 0 Å². The van der Waals surface area contributed by atoms with Gasteiger partial charge in [-0.2, -0.15) is 0 Å². The summed E-state index contributed by atoms with van der Waals surface area (Å²) in [6, 6.07) is 61.1. The van der Waals surface area contributed by atoms with E-state index in [1.54, 1.807) is 0 Å². The number of aryl methyl sites for hydroxylation is 1. The van der Waals surface area contributed by atoms with E-state index in [1.807, 2.05) is 0 Å². The van der Waals surface area contributed by atoms with Gasteiger partial charge in [0.2, 0.25) is 0 Å². The smallest absolute Gasteiger partial charge is 0.114 e. The van der Waals surface area contributed by atoms with Crippen LogP contribution in [-0.2, 0) is 11.8 Å². The van der Waals surface area contributed by atoms with Crippen molar-refractivity contribution in [3.63, 3.8) is 0 Å². The highest BCUT2D eigenvalue weighted by atomic mass is 15.1. The summed E-state index contributed by atoms with van der Waals surface area (Å²) in [5, 5.41) is 5.18. The summed E-state index contributed by atoms with van der Waals surface area (Å²) in [4.78, 5) is 5.02. The lowest BCUT2D eigenvalue weighted by Gasteiger charge is -2.32. The summed E-state index contributed by atoms with van der Waals surface area (Å²) in [7, 11) is 0. The Labute approximate surface area is 297 Å². The molecule has 0 fully saturated rings. The van der Waals surface area contributed by atoms with Gasteiger partial charge in [0.15, 0.2) is 0 Å². The summed E-state index contributed by atoms with van der Waals surface area (Å²) in [6.45, 7) is 2.22. The molecule has 0 amide bonds. The van der Waals surface area contributed by atoms with Crippen LogP contribution in [0.4, 0.5) is 0 Å². The number of hydrogen-bond acceptors (Lipinski definition) is 1. The Bertz CT molecular complexity index is 2840. The summed E-state index contributed by atoms with van der Waals surface area (Å²) in [5.74, 6) is 1.11. The number of imidazole rings is 1. The van der Waals surface area contributed by atoms with Crippen molar-refractivity contribution in [2.24, 2.45) is 0 Å². The van der Waals surface area contributed by atoms with Gasteiger partial charge in [0.05, 0.1) is 16.4 Å². The quantitative estimate of drug-likeness (QED) is 0.185. The SMILES string of the molecule is CCCc1nc2ccccc2n1-c1cccc(-c2ccc3c4c(ccc3c2)-c2ccc3ccccc3c2C42c3ccccc3-c3ccccc32)c1. The molecule has 9 aromatic rings. The van der Waals surface area contributed by atoms with Gasteiger partial charge in [0, 0.05) is 12.1 Å². The van der Waals surface area contributed by atoms with Crippen LogP contribution < -0.4 is 0 Å². The average Bonchev–Trinajstić information content (AvgIpc) is 3.82. The van der Waals surface area contributed by atoms with Crippen molar-refractivity contribution in [3.8, 4) is 39.1 Å². The maximum Gasteiger partial charge on any atom is 0.114 e. The Balaban J connectivity index is 1.16. The van der Waals surface area contributed by atoms with Crippen molar-refractivity contribution in [1.82, 2.24) is 9.55 Å². The van der Waals surface area contributed by atoms with E-state index >= 15 is 0 Å². The minimum atomic E-state index is -0.419. The molecule has 0 radical (unpaired) electrons. The number of hydrogen-bond donors (Lipinski definition) is 0. The summed E-state index contributed by atoms with van der Waals surface area (Å²) in [6.07, 6.45) is 1.99. The molecule has 2 heteroatoms. The second-order valence-corrected chi connectivity index (χ2v) is 14.1. The van der Waals surface area contributed by atoms with Gasteiger partial charge >= 0.3 is 0 Å². The highest BCUT2D eigenvalue weighted by Gasteiger charge is 2.53. The molecule has 0 saturated heterocycles. The first-order valence-corrected chi connectivity index (χ1v) is 18.1. The molecule has 0 bridgehead atoms. The minimum Gasteiger partial charge on any atom is -0.296 e. The summed E-state index contributed by atoms with van der Waals surface area (Å²) < 4.78 is 2.34. The number of fused-ring (bicyclic) bond motifs is 15. The molecule has 2 nitrogen and oxygen atoms in total. The van der Waals surface area contributed by atoms with Gasteiger partial charge in [0.25, 0.3) is 0 Å². The molecule has 240 valence electrons. The molecule has 1 spiro atoms. The first kappa shape index (κ1) is 28.6. The van der Waals surface area contributed by atoms with Crippen LogP contribution in [0.5, 0.6) is 0 Å². The zero-order valence-corrected chi connectivity index (χ0v) is 28.4. The molecule has 51 heavy (non-hydrogen) atoms. The Morgan fingerprint density at radius 2 is 1.16 bits per heavy atom. The zero-order chi connectivity index (χ0) is 33.7. The second kappa shape index (κ2) is 10.6. The van der Waals surface area contributed by atoms with E-state index in [2.05, 4.69) is 175 Å². The molecule has 0 saturated carbocycles. The van der Waals surface area contributed by atoms with Crippen LogP contribution in [0.15, 0.2) is 164 Å². The normalized spacial score (nSPS) is 13.5. The minimum absolute atomic E-state index is 0.419. The van der Waals surface area contributed by atoms with E-state index in [9.17, 15) is 0 Å². The van der Waals surface area contributed by atoms with Gasteiger partial charge in [-0.05, 0) is 114 Å². The molecular weight excluding hydrogens is 617 g/mol. The standard InChI is InChI=1S/C49H34N2/c1-2-12-46-50-44-21-9-10-22-45(44)51(46)35-15-11-14-32(30-35)33-24-26-37-34(29-33)25-28-41-40-27-23-31-13-3-4-16-36(31)47(40)49(48(37)41)42-19-7-5-17-38(42)39-18-6-8-20-43(39)49/h3-11,13-30H,2,12H2,1H3. The van der Waals surface area contributed by atoms with Crippen LogP contribution in [0, 0.1) is 0 Å². The van der Waals surface area contributed by atoms with E-state index in [-0.39, 0.29) is 0 Å². The third-order valence-electron chi connectivity index (χ3n) is 11.5. The molecule has 1 aromatic heterocycles. The Morgan fingerprint density at radius 3 is 1.94 bits per heavy atom. The molecule has 0 aliphatic heterocycles. The molecule has 2 aliphatic rings. The largest absolute Gasteiger partial charge is 0.296 e. The monoisotopic (exact) mass is 650 g/mol. The van der Waals surface area contributed by atoms with E-state index in [1.165, 1.54) is 77.2 Å². The Morgan fingerprint density at radius 1 is 0.510 bits per heavy atom. The second-order valence-electron chi connectivity index (χ2n) is 14.1. The van der Waals surface area contributed by atoms with Gasteiger partial charge in [0.1, 0.15) is 5.82 Å². The van der Waals surface area contributed by atoms with Crippen LogP contribution >= 0.6 is 0 Å². The number of para-hydroxylation sites is 2. The third kappa shape index (κ3) is 3.80. The highest BCUT2D eigenvalue weighted by molar-refractivity contribution is 6.09. The Hall–Kier alpha value is -6.25. The van der Waals surface area contributed by atoms with Gasteiger partial charge < -0.3 is 0 Å². The zero-order valence-electron chi connectivity index (χ0n) is 28.4. The lowest BCUT2D eigenvalue weighted by Crippen LogP contribution is -2.26. The number of nitrogens with zero attached hydrogens (tertiary/aromatic N) is 2. The lowest BCUT2D eigenvalue weighted by molar-refractivity contribution is 0.809. The fourth-order valence-electron chi connectivity index (χ4n) is 9.52. The van der Waals surface area contributed by atoms with E-state index in [4.69, 9.17) is 4.98 Å². The average molecular weight is 651 g/mol. The van der Waals surface area contributed by atoms with Crippen molar-refractivity contribution in [2.45, 2.75) is 25.2 Å². The number of aromatic nitrogens is 2. The van der Waals surface area contributed by atoms with E-state index in [0.717, 1.165) is 35.4 Å². The van der Waals surface area contributed by atoms with E-state index in [0.29, 0.717) is 0 Å². The molecule has 0 N–H and O–H groups in total. The molecular formula is C49H34N2. The number of benzene rings is 8. The predicted molar refractivity (Wildman–Crippen MR) is 212 cm³/mol. The van der Waals surface area contributed by atoms with Crippen molar-refractivity contribution in [3.05, 3.63) is 192 Å². The van der Waals surface area contributed by atoms with Gasteiger partial charge in [-0.25, -0.2) is 4.98 Å². The van der Waals surface area contributed by atoms with Crippen LogP contribution in [0.25, 0.3) is 71.6 Å². The summed E-state index contributed by atoms with van der Waals surface area (Å²) >= 11 is 0. The predicted octanol–water partition coefficient (Wildman–Crippen LogP) is 12.3. The molecule has 11 rings (SSSR count). The molecule has 1 heterocycles. The molecule has 2 aliphatic carbocycles. The fourth-order valence-corrected chi connectivity index (χ4v) is 9.52. The fraction of sp³-hybridized carbons (Fsp3) is 0.0816. The van der Waals surface area contributed by atoms with Crippen LogP contribution in [0.3, 0.4) is 0 Å². The van der Waals surface area contributed by atoms with Crippen molar-refractivity contribution < 1.29 is 0 Å². The first-order valence-electron chi connectivity index (χ1n) is 18.1. The summed E-state index contributed by atoms with van der Waals surface area (Å²) in [5.41, 5.74) is 16.3. The topological polar surface area (TPSA) is 17.8 Å². The van der Waals surface area contributed by atoms with Crippen molar-refractivity contribution in [2.75, 3.05) is 0 Å². The van der Waals surface area contributed by atoms with Gasteiger partial charge in [-0.3, -0.25) is 4.57 Å². The maximum atomic E-state index is 5.02. The molecule has 8 aromatic carbocycles. The first-order chi connectivity index (χ1) is 25.3.